The summed E-state index contributed by atoms with van der Waals surface area (Å²) in [4.78, 5) is 30.8. The summed E-state index contributed by atoms with van der Waals surface area (Å²) >= 11 is 1.19. The SMILES string of the molecule is COc1cnc2c(-c3nc4c(C(F)F)cc5c(c4s3)OCC(CN(C(=O)O)c3ccnc(C)c3)O5)cc(C)cc2n1. The number of ether oxygens (including phenoxy) is 3. The molecule has 2 aromatic carbocycles. The summed E-state index contributed by atoms with van der Waals surface area (Å²) in [6.45, 7) is 3.58. The molecule has 4 heterocycles. The number of aromatic nitrogens is 4. The second kappa shape index (κ2) is 10.4. The summed E-state index contributed by atoms with van der Waals surface area (Å²) in [6.07, 6.45) is -1.76. The first-order valence-electron chi connectivity index (χ1n) is 12.5. The first kappa shape index (κ1) is 26.6. The highest BCUT2D eigenvalue weighted by atomic mass is 32.1. The Labute approximate surface area is 236 Å². The molecule has 0 spiro atoms. The van der Waals surface area contributed by atoms with Crippen LogP contribution in [0.25, 0.3) is 31.8 Å². The van der Waals surface area contributed by atoms with Gasteiger partial charge in [0.1, 0.15) is 16.3 Å². The number of hydrogen-bond acceptors (Lipinski definition) is 9. The van der Waals surface area contributed by atoms with Crippen molar-refractivity contribution in [2.24, 2.45) is 0 Å². The number of pyridine rings is 1. The number of amides is 1. The summed E-state index contributed by atoms with van der Waals surface area (Å²) in [7, 11) is 1.50. The van der Waals surface area contributed by atoms with E-state index in [0.717, 1.165) is 10.5 Å². The number of nitrogens with zero attached hydrogens (tertiary/aromatic N) is 5. The first-order chi connectivity index (χ1) is 19.7. The van der Waals surface area contributed by atoms with Crippen molar-refractivity contribution in [3.63, 3.8) is 0 Å². The van der Waals surface area contributed by atoms with Crippen molar-refractivity contribution in [2.75, 3.05) is 25.2 Å². The van der Waals surface area contributed by atoms with Gasteiger partial charge in [0, 0.05) is 23.0 Å². The van der Waals surface area contributed by atoms with Gasteiger partial charge >= 0.3 is 6.09 Å². The van der Waals surface area contributed by atoms with Crippen LogP contribution in [0.4, 0.5) is 19.3 Å². The predicted octanol–water partition coefficient (Wildman–Crippen LogP) is 6.19. The van der Waals surface area contributed by atoms with Crippen LogP contribution in [-0.4, -0.2) is 57.5 Å². The molecule has 5 aromatic rings. The highest BCUT2D eigenvalue weighted by Gasteiger charge is 2.31. The molecule has 3 aromatic heterocycles. The smallest absolute Gasteiger partial charge is 0.411 e. The van der Waals surface area contributed by atoms with E-state index >= 15 is 0 Å². The molecule has 210 valence electrons. The van der Waals surface area contributed by atoms with Crippen LogP contribution in [0.1, 0.15) is 23.2 Å². The molecule has 0 aliphatic carbocycles. The lowest BCUT2D eigenvalue weighted by atomic mass is 10.1. The van der Waals surface area contributed by atoms with E-state index < -0.39 is 18.6 Å². The fraction of sp³-hybridized carbons (Fsp3) is 0.250. The minimum Gasteiger partial charge on any atom is -0.484 e. The third kappa shape index (κ3) is 4.92. The quantitative estimate of drug-likeness (QED) is 0.251. The molecule has 0 bridgehead atoms. The molecule has 41 heavy (non-hydrogen) atoms. The fourth-order valence-electron chi connectivity index (χ4n) is 4.75. The lowest BCUT2D eigenvalue weighted by Gasteiger charge is -2.30. The Morgan fingerprint density at radius 3 is 2.76 bits per heavy atom. The number of anilines is 1. The van der Waals surface area contributed by atoms with Crippen molar-refractivity contribution >= 4 is 44.4 Å². The van der Waals surface area contributed by atoms with Crippen molar-refractivity contribution in [3.8, 4) is 28.0 Å². The molecule has 1 aliphatic rings. The van der Waals surface area contributed by atoms with Crippen LogP contribution in [0.5, 0.6) is 17.4 Å². The van der Waals surface area contributed by atoms with Crippen LogP contribution < -0.4 is 19.1 Å². The Morgan fingerprint density at radius 2 is 2.02 bits per heavy atom. The summed E-state index contributed by atoms with van der Waals surface area (Å²) in [5.41, 5.74) is 3.54. The van der Waals surface area contributed by atoms with E-state index in [-0.39, 0.29) is 35.7 Å². The minimum absolute atomic E-state index is 0.00977. The molecule has 1 aliphatic heterocycles. The topological polar surface area (TPSA) is 120 Å². The van der Waals surface area contributed by atoms with Gasteiger partial charge in [0.25, 0.3) is 6.43 Å². The summed E-state index contributed by atoms with van der Waals surface area (Å²) in [5.74, 6) is 0.748. The first-order valence-corrected chi connectivity index (χ1v) is 13.3. The summed E-state index contributed by atoms with van der Waals surface area (Å²) in [5, 5.41) is 10.3. The second-order valence-corrected chi connectivity index (χ2v) is 10.5. The van der Waals surface area contributed by atoms with E-state index in [2.05, 4.69) is 19.9 Å². The van der Waals surface area contributed by atoms with E-state index in [1.54, 1.807) is 19.1 Å². The number of hydrogen-bond donors (Lipinski definition) is 1. The van der Waals surface area contributed by atoms with Crippen molar-refractivity contribution in [1.82, 2.24) is 19.9 Å². The number of benzene rings is 2. The zero-order valence-corrected chi connectivity index (χ0v) is 22.9. The second-order valence-electron chi connectivity index (χ2n) is 9.48. The van der Waals surface area contributed by atoms with E-state index in [9.17, 15) is 18.7 Å². The lowest BCUT2D eigenvalue weighted by molar-refractivity contribution is 0.0949. The normalized spacial score (nSPS) is 14.5. The van der Waals surface area contributed by atoms with Gasteiger partial charge < -0.3 is 19.3 Å². The van der Waals surface area contributed by atoms with E-state index in [1.807, 2.05) is 19.1 Å². The van der Waals surface area contributed by atoms with Gasteiger partial charge in [-0.2, -0.15) is 0 Å². The monoisotopic (exact) mass is 579 g/mol. The van der Waals surface area contributed by atoms with Crippen molar-refractivity contribution in [2.45, 2.75) is 26.4 Å². The van der Waals surface area contributed by atoms with Crippen LogP contribution in [0.2, 0.25) is 0 Å². The average Bonchev–Trinajstić information content (AvgIpc) is 3.39. The molecule has 10 nitrogen and oxygen atoms in total. The zero-order chi connectivity index (χ0) is 28.8. The zero-order valence-electron chi connectivity index (χ0n) is 22.1. The van der Waals surface area contributed by atoms with Gasteiger partial charge in [-0.25, -0.2) is 28.5 Å². The molecule has 0 fully saturated rings. The van der Waals surface area contributed by atoms with Crippen molar-refractivity contribution in [3.05, 3.63) is 59.5 Å². The van der Waals surface area contributed by atoms with Crippen LogP contribution in [-0.2, 0) is 0 Å². The van der Waals surface area contributed by atoms with Gasteiger partial charge in [-0.3, -0.25) is 9.88 Å². The number of carbonyl (C=O) groups is 1. The number of carboxylic acid groups (broad SMARTS) is 1. The minimum atomic E-state index is -2.84. The third-order valence-corrected chi connectivity index (χ3v) is 7.66. The number of thiazole rings is 1. The molecule has 6 rings (SSSR count). The van der Waals surface area contributed by atoms with Crippen molar-refractivity contribution in [1.29, 1.82) is 0 Å². The maximum absolute atomic E-state index is 14.3. The molecule has 13 heteroatoms. The Bertz CT molecular complexity index is 1810. The Kier molecular flexibility index (Phi) is 6.73. The number of alkyl halides is 2. The van der Waals surface area contributed by atoms with Gasteiger partial charge in [-0.15, -0.1) is 11.3 Å². The molecule has 1 unspecified atom stereocenters. The average molecular weight is 580 g/mol. The highest BCUT2D eigenvalue weighted by Crippen LogP contribution is 2.48. The Hall–Kier alpha value is -4.65. The molecule has 1 N–H and O–H groups in total. The maximum atomic E-state index is 14.3. The van der Waals surface area contributed by atoms with Crippen LogP contribution in [0.15, 0.2) is 42.7 Å². The van der Waals surface area contributed by atoms with E-state index in [0.29, 0.717) is 43.6 Å². The third-order valence-electron chi connectivity index (χ3n) is 6.58. The molecular weight excluding hydrogens is 556 g/mol. The van der Waals surface area contributed by atoms with Crippen LogP contribution in [0.3, 0.4) is 0 Å². The highest BCUT2D eigenvalue weighted by molar-refractivity contribution is 7.22. The molecular formula is C28H23F2N5O5S. The largest absolute Gasteiger partial charge is 0.484 e. The Morgan fingerprint density at radius 1 is 1.20 bits per heavy atom. The predicted molar refractivity (Wildman–Crippen MR) is 149 cm³/mol. The van der Waals surface area contributed by atoms with Gasteiger partial charge in [-0.05, 0) is 49.7 Å². The van der Waals surface area contributed by atoms with E-state index in [1.165, 1.54) is 36.9 Å². The lowest BCUT2D eigenvalue weighted by Crippen LogP contribution is -2.43. The number of methoxy groups -OCH3 is 1. The standard InChI is InChI=1S/C28H23F2N5O5S/c1-13-6-18(22-19(7-13)33-21(38-3)10-32-22)27-34-23-17(26(29)30)9-20-24(25(23)41-27)39-12-16(40-20)11-35(28(36)37)15-4-5-31-14(2)8-15/h4-10,16,26H,11-12H2,1-3H3,(H,36,37). The summed E-state index contributed by atoms with van der Waals surface area (Å²) < 4.78 is 46.3. The molecule has 0 radical (unpaired) electrons. The maximum Gasteiger partial charge on any atom is 0.411 e. The molecule has 0 saturated heterocycles. The van der Waals surface area contributed by atoms with Crippen LogP contribution in [0, 0.1) is 13.8 Å². The number of aryl methyl sites for hydroxylation is 2. The van der Waals surface area contributed by atoms with E-state index in [4.69, 9.17) is 14.2 Å². The van der Waals surface area contributed by atoms with Crippen LogP contribution >= 0.6 is 11.3 Å². The van der Waals surface area contributed by atoms with Crippen molar-refractivity contribution < 1.29 is 32.9 Å². The number of rotatable bonds is 6. The summed E-state index contributed by atoms with van der Waals surface area (Å²) in [6, 6.07) is 8.17. The number of fused-ring (bicyclic) bond motifs is 4. The Balaban J connectivity index is 1.40. The number of halogens is 2. The van der Waals surface area contributed by atoms with Gasteiger partial charge in [0.15, 0.2) is 17.6 Å². The van der Waals surface area contributed by atoms with Gasteiger partial charge in [0.05, 0.1) is 42.1 Å². The fourth-order valence-corrected chi connectivity index (χ4v) is 5.86. The van der Waals surface area contributed by atoms with Gasteiger partial charge in [-0.1, -0.05) is 0 Å². The molecule has 1 atom stereocenters. The van der Waals surface area contributed by atoms with Gasteiger partial charge in [0.2, 0.25) is 5.88 Å². The molecule has 0 saturated carbocycles. The molecule has 1 amide bonds.